The average molecular weight is 471 g/mol. The molecular formula is C21H19BrN4O4. The fourth-order valence-electron chi connectivity index (χ4n) is 2.61. The molecule has 9 heteroatoms. The van der Waals surface area contributed by atoms with Crippen LogP contribution in [-0.2, 0) is 11.3 Å². The zero-order valence-corrected chi connectivity index (χ0v) is 18.0. The van der Waals surface area contributed by atoms with E-state index in [1.807, 2.05) is 31.2 Å². The van der Waals surface area contributed by atoms with Crippen LogP contribution in [0, 0.1) is 6.92 Å². The van der Waals surface area contributed by atoms with E-state index in [1.165, 1.54) is 6.21 Å². The van der Waals surface area contributed by atoms with Crippen molar-refractivity contribution in [3.8, 4) is 5.88 Å². The van der Waals surface area contributed by atoms with Crippen LogP contribution in [0.2, 0.25) is 0 Å². The molecule has 1 heterocycles. The maximum absolute atomic E-state index is 12.7. The number of hydrogen-bond acceptors (Lipinski definition) is 6. The van der Waals surface area contributed by atoms with E-state index >= 15 is 0 Å². The quantitative estimate of drug-likeness (QED) is 0.228. The minimum Gasteiger partial charge on any atom is -0.836 e. The maximum atomic E-state index is 12.7. The summed E-state index contributed by atoms with van der Waals surface area (Å²) < 4.78 is 6.81. The van der Waals surface area contributed by atoms with E-state index in [1.54, 1.807) is 31.2 Å². The number of esters is 1. The Hall–Kier alpha value is -3.33. The maximum Gasteiger partial charge on any atom is 0.383 e. The summed E-state index contributed by atoms with van der Waals surface area (Å²) in [6.45, 7) is 3.36. The van der Waals surface area contributed by atoms with Crippen LogP contribution in [0.4, 0.5) is 0 Å². The monoisotopic (exact) mass is 470 g/mol. The van der Waals surface area contributed by atoms with Gasteiger partial charge in [0.2, 0.25) is 5.78 Å². The SMILES string of the molecule is CCOC(=O)c1c([O-])n(N=Cc2ccc(C)cc2)n[n+]1CC(=O)c1ccc(Br)cc1. The second-order valence-electron chi connectivity index (χ2n) is 6.40. The molecule has 1 aromatic heterocycles. The Morgan fingerprint density at radius 1 is 1.20 bits per heavy atom. The minimum atomic E-state index is -0.858. The highest BCUT2D eigenvalue weighted by molar-refractivity contribution is 9.10. The summed E-state index contributed by atoms with van der Waals surface area (Å²) in [6.07, 6.45) is 1.45. The molecule has 0 atom stereocenters. The molecule has 0 bridgehead atoms. The van der Waals surface area contributed by atoms with Crippen molar-refractivity contribution in [1.29, 1.82) is 0 Å². The van der Waals surface area contributed by atoms with Gasteiger partial charge in [0, 0.05) is 10.0 Å². The van der Waals surface area contributed by atoms with E-state index < -0.39 is 11.8 Å². The Balaban J connectivity index is 1.93. The van der Waals surface area contributed by atoms with Gasteiger partial charge < -0.3 is 9.84 Å². The van der Waals surface area contributed by atoms with Gasteiger partial charge in [0.1, 0.15) is 5.21 Å². The molecule has 154 valence electrons. The van der Waals surface area contributed by atoms with Gasteiger partial charge in [-0.1, -0.05) is 63.0 Å². The molecule has 0 aliphatic heterocycles. The predicted molar refractivity (Wildman–Crippen MR) is 110 cm³/mol. The number of nitrogens with zero attached hydrogens (tertiary/aromatic N) is 4. The lowest BCUT2D eigenvalue weighted by Gasteiger charge is -2.03. The Kier molecular flexibility index (Phi) is 6.73. The minimum absolute atomic E-state index is 0.0801. The molecule has 0 unspecified atom stereocenters. The summed E-state index contributed by atoms with van der Waals surface area (Å²) in [5.74, 6) is -1.94. The first-order valence-electron chi connectivity index (χ1n) is 9.16. The van der Waals surface area contributed by atoms with Crippen molar-refractivity contribution in [2.45, 2.75) is 20.4 Å². The van der Waals surface area contributed by atoms with Crippen molar-refractivity contribution in [1.82, 2.24) is 10.0 Å². The van der Waals surface area contributed by atoms with Crippen LogP contribution in [0.25, 0.3) is 0 Å². The summed E-state index contributed by atoms with van der Waals surface area (Å²) in [5.41, 5.74) is 1.91. The Morgan fingerprint density at radius 3 is 2.50 bits per heavy atom. The number of ether oxygens (including phenoxy) is 1. The number of carbonyl (C=O) groups excluding carboxylic acids is 2. The highest BCUT2D eigenvalue weighted by Gasteiger charge is 2.29. The molecule has 30 heavy (non-hydrogen) atoms. The molecule has 0 radical (unpaired) electrons. The van der Waals surface area contributed by atoms with E-state index in [9.17, 15) is 14.7 Å². The third kappa shape index (κ3) is 4.98. The normalized spacial score (nSPS) is 11.0. The summed E-state index contributed by atoms with van der Waals surface area (Å²) in [6, 6.07) is 14.2. The number of aryl methyl sites for hydroxylation is 1. The fraction of sp³-hybridized carbons (Fsp3) is 0.190. The molecule has 0 saturated carbocycles. The summed E-state index contributed by atoms with van der Waals surface area (Å²) >= 11 is 3.31. The number of ketones is 1. The van der Waals surface area contributed by atoms with Crippen LogP contribution < -0.4 is 9.79 Å². The van der Waals surface area contributed by atoms with Crippen molar-refractivity contribution in [2.75, 3.05) is 6.61 Å². The van der Waals surface area contributed by atoms with Gasteiger partial charge in [-0.25, -0.2) is 4.79 Å². The highest BCUT2D eigenvalue weighted by Crippen LogP contribution is 2.13. The first-order chi connectivity index (χ1) is 14.4. The lowest BCUT2D eigenvalue weighted by atomic mass is 10.1. The summed E-state index contributed by atoms with van der Waals surface area (Å²) in [4.78, 5) is 25.7. The van der Waals surface area contributed by atoms with Gasteiger partial charge in [0.05, 0.1) is 12.8 Å². The lowest BCUT2D eigenvalue weighted by Crippen LogP contribution is -2.45. The topological polar surface area (TPSA) is 100 Å². The fourth-order valence-corrected chi connectivity index (χ4v) is 2.87. The molecule has 8 nitrogen and oxygen atoms in total. The zero-order chi connectivity index (χ0) is 21.7. The van der Waals surface area contributed by atoms with Crippen LogP contribution in [-0.4, -0.2) is 34.6 Å². The number of aromatic nitrogens is 3. The van der Waals surface area contributed by atoms with Crippen LogP contribution in [0.5, 0.6) is 5.88 Å². The average Bonchev–Trinajstić information content (AvgIpc) is 3.03. The van der Waals surface area contributed by atoms with E-state index in [0.29, 0.717) is 5.56 Å². The van der Waals surface area contributed by atoms with Gasteiger partial charge in [-0.3, -0.25) is 4.79 Å². The number of Topliss-reactive ketones (excluding diaryl/α,β-unsaturated/α-hetero) is 1. The summed E-state index contributed by atoms with van der Waals surface area (Å²) in [5, 5.41) is 20.8. The largest absolute Gasteiger partial charge is 0.836 e. The third-order valence-corrected chi connectivity index (χ3v) is 4.69. The predicted octanol–water partition coefficient (Wildman–Crippen LogP) is 2.26. The van der Waals surface area contributed by atoms with Crippen molar-refractivity contribution >= 4 is 33.9 Å². The molecule has 0 spiro atoms. The van der Waals surface area contributed by atoms with Gasteiger partial charge in [0.15, 0.2) is 12.4 Å². The van der Waals surface area contributed by atoms with Crippen LogP contribution in [0.3, 0.4) is 0 Å². The molecule has 3 aromatic rings. The second-order valence-corrected chi connectivity index (χ2v) is 7.31. The van der Waals surface area contributed by atoms with Gasteiger partial charge in [-0.05, 0) is 36.3 Å². The molecule has 0 fully saturated rings. The van der Waals surface area contributed by atoms with Gasteiger partial charge >= 0.3 is 5.97 Å². The van der Waals surface area contributed by atoms with Crippen molar-refractivity contribution in [3.05, 3.63) is 75.4 Å². The molecule has 0 aliphatic rings. The van der Waals surface area contributed by atoms with Crippen molar-refractivity contribution in [3.63, 3.8) is 0 Å². The number of benzene rings is 2. The number of halogens is 1. The van der Waals surface area contributed by atoms with E-state index in [2.05, 4.69) is 26.2 Å². The molecule has 0 aliphatic carbocycles. The third-order valence-electron chi connectivity index (χ3n) is 4.16. The summed E-state index contributed by atoms with van der Waals surface area (Å²) in [7, 11) is 0. The highest BCUT2D eigenvalue weighted by atomic mass is 79.9. The standard InChI is InChI=1S/C21H19BrN4O4/c1-3-30-21(29)19-20(28)26(23-12-15-6-4-14(2)5-7-15)24-25(19)13-18(27)16-8-10-17(22)11-9-16/h4-12H,3,13H2,1-2H3. The first-order valence-corrected chi connectivity index (χ1v) is 9.95. The smallest absolute Gasteiger partial charge is 0.383 e. The van der Waals surface area contributed by atoms with E-state index in [-0.39, 0.29) is 24.6 Å². The molecular weight excluding hydrogens is 452 g/mol. The Labute approximate surface area is 181 Å². The molecule has 0 saturated heterocycles. The van der Waals surface area contributed by atoms with E-state index in [0.717, 1.165) is 25.1 Å². The van der Waals surface area contributed by atoms with Crippen molar-refractivity contribution in [2.24, 2.45) is 5.10 Å². The van der Waals surface area contributed by atoms with Gasteiger partial charge in [-0.2, -0.15) is 0 Å². The second kappa shape index (κ2) is 9.45. The van der Waals surface area contributed by atoms with Gasteiger partial charge in [-0.15, -0.1) is 4.68 Å². The molecule has 0 amide bonds. The number of hydrogen-bond donors (Lipinski definition) is 0. The number of carbonyl (C=O) groups is 2. The molecule has 2 aromatic carbocycles. The Bertz CT molecular complexity index is 1090. The number of rotatable bonds is 7. The molecule has 0 N–H and O–H groups in total. The van der Waals surface area contributed by atoms with E-state index in [4.69, 9.17) is 4.74 Å². The molecule has 3 rings (SSSR count). The van der Waals surface area contributed by atoms with Crippen LogP contribution >= 0.6 is 15.9 Å². The van der Waals surface area contributed by atoms with Gasteiger partial charge in [0.25, 0.3) is 5.69 Å². The lowest BCUT2D eigenvalue weighted by molar-refractivity contribution is -0.745. The Morgan fingerprint density at radius 2 is 1.87 bits per heavy atom. The van der Waals surface area contributed by atoms with Crippen LogP contribution in [0.1, 0.15) is 38.9 Å². The van der Waals surface area contributed by atoms with Crippen LogP contribution in [0.15, 0.2) is 58.1 Å². The van der Waals surface area contributed by atoms with Crippen molar-refractivity contribution < 1.29 is 24.1 Å². The first kappa shape index (κ1) is 21.4. The zero-order valence-electron chi connectivity index (χ0n) is 16.4.